The Bertz CT molecular complexity index is 298. The summed E-state index contributed by atoms with van der Waals surface area (Å²) in [5.74, 6) is 2.11. The summed E-state index contributed by atoms with van der Waals surface area (Å²) in [7, 11) is 0. The third-order valence-corrected chi connectivity index (χ3v) is 4.55. The van der Waals surface area contributed by atoms with Gasteiger partial charge in [-0.25, -0.2) is 0 Å². The van der Waals surface area contributed by atoms with Crippen LogP contribution in [0.3, 0.4) is 0 Å². The van der Waals surface area contributed by atoms with Crippen LogP contribution in [0.4, 0.5) is 0 Å². The van der Waals surface area contributed by atoms with Crippen LogP contribution < -0.4 is 0 Å². The molecular weight excluding hydrogens is 256 g/mol. The first-order valence-electron chi connectivity index (χ1n) is 5.19. The zero-order chi connectivity index (χ0) is 9.80. The van der Waals surface area contributed by atoms with E-state index in [-0.39, 0.29) is 0 Å². The highest BCUT2D eigenvalue weighted by Crippen LogP contribution is 2.41. The van der Waals surface area contributed by atoms with Gasteiger partial charge in [0.25, 0.3) is 0 Å². The van der Waals surface area contributed by atoms with Crippen molar-refractivity contribution in [3.05, 3.63) is 29.8 Å². The van der Waals surface area contributed by atoms with E-state index < -0.39 is 0 Å². The maximum Gasteiger partial charge on any atom is 0.0107 e. The quantitative estimate of drug-likeness (QED) is 0.576. The van der Waals surface area contributed by atoms with Gasteiger partial charge in [0.2, 0.25) is 0 Å². The first kappa shape index (κ1) is 10.6. The Labute approximate surface area is 98.6 Å². The molecular formula is C12H15BrS. The van der Waals surface area contributed by atoms with Crippen LogP contribution in [0.15, 0.2) is 29.2 Å². The van der Waals surface area contributed by atoms with Crippen molar-refractivity contribution in [2.24, 2.45) is 0 Å². The van der Waals surface area contributed by atoms with Gasteiger partial charge in [0.05, 0.1) is 0 Å². The zero-order valence-corrected chi connectivity index (χ0v) is 10.6. The van der Waals surface area contributed by atoms with E-state index in [1.165, 1.54) is 29.9 Å². The fourth-order valence-electron chi connectivity index (χ4n) is 1.95. The SMILES string of the molecule is BrCCCCC1CSc2ccccc21. The molecule has 2 rings (SSSR count). The molecule has 0 spiro atoms. The van der Waals surface area contributed by atoms with Gasteiger partial charge >= 0.3 is 0 Å². The normalized spacial score (nSPS) is 19.6. The summed E-state index contributed by atoms with van der Waals surface area (Å²) in [6, 6.07) is 8.87. The van der Waals surface area contributed by atoms with E-state index in [1.54, 1.807) is 5.56 Å². The van der Waals surface area contributed by atoms with Crippen LogP contribution >= 0.6 is 27.7 Å². The van der Waals surface area contributed by atoms with Crippen LogP contribution in [0.2, 0.25) is 0 Å². The molecule has 14 heavy (non-hydrogen) atoms. The van der Waals surface area contributed by atoms with Gasteiger partial charge in [0.15, 0.2) is 0 Å². The van der Waals surface area contributed by atoms with E-state index in [2.05, 4.69) is 40.2 Å². The van der Waals surface area contributed by atoms with E-state index >= 15 is 0 Å². The van der Waals surface area contributed by atoms with Gasteiger partial charge in [-0.05, 0) is 30.4 Å². The van der Waals surface area contributed by atoms with Crippen molar-refractivity contribution in [3.63, 3.8) is 0 Å². The molecule has 1 aliphatic heterocycles. The molecule has 0 saturated carbocycles. The molecule has 76 valence electrons. The molecule has 1 aliphatic rings. The fourth-order valence-corrected chi connectivity index (χ4v) is 3.65. The van der Waals surface area contributed by atoms with Gasteiger partial charge in [0.1, 0.15) is 0 Å². The Balaban J connectivity index is 1.96. The Kier molecular flexibility index (Phi) is 3.94. The van der Waals surface area contributed by atoms with Gasteiger partial charge in [-0.1, -0.05) is 40.5 Å². The van der Waals surface area contributed by atoms with Crippen molar-refractivity contribution in [2.75, 3.05) is 11.1 Å². The van der Waals surface area contributed by atoms with Crippen LogP contribution in [0.5, 0.6) is 0 Å². The standard InChI is InChI=1S/C12H15BrS/c13-8-4-3-5-10-9-14-12-7-2-1-6-11(10)12/h1-2,6-7,10H,3-5,8-9H2. The van der Waals surface area contributed by atoms with Crippen molar-refractivity contribution >= 4 is 27.7 Å². The second-order valence-electron chi connectivity index (χ2n) is 3.73. The van der Waals surface area contributed by atoms with E-state index in [1.807, 2.05) is 11.8 Å². The molecule has 1 unspecified atom stereocenters. The highest BCUT2D eigenvalue weighted by Gasteiger charge is 2.21. The van der Waals surface area contributed by atoms with Crippen LogP contribution in [0, 0.1) is 0 Å². The maximum atomic E-state index is 3.49. The molecule has 0 N–H and O–H groups in total. The third kappa shape index (κ3) is 2.34. The Hall–Kier alpha value is 0.0500. The number of benzene rings is 1. The number of halogens is 1. The lowest BCUT2D eigenvalue weighted by atomic mass is 9.96. The molecule has 0 radical (unpaired) electrons. The second-order valence-corrected chi connectivity index (χ2v) is 5.59. The lowest BCUT2D eigenvalue weighted by molar-refractivity contribution is 0.636. The molecule has 1 aromatic rings. The Morgan fingerprint density at radius 2 is 2.14 bits per heavy atom. The Morgan fingerprint density at radius 1 is 1.29 bits per heavy atom. The number of unbranched alkanes of at least 4 members (excludes halogenated alkanes) is 1. The molecule has 0 nitrogen and oxygen atoms in total. The monoisotopic (exact) mass is 270 g/mol. The van der Waals surface area contributed by atoms with Gasteiger partial charge in [-0.2, -0.15) is 0 Å². The average molecular weight is 271 g/mol. The third-order valence-electron chi connectivity index (χ3n) is 2.74. The molecule has 0 aliphatic carbocycles. The fraction of sp³-hybridized carbons (Fsp3) is 0.500. The first-order chi connectivity index (χ1) is 6.92. The summed E-state index contributed by atoms with van der Waals surface area (Å²) in [6.45, 7) is 0. The van der Waals surface area contributed by atoms with Gasteiger partial charge in [-0.15, -0.1) is 11.8 Å². The molecule has 2 heteroatoms. The molecule has 0 bridgehead atoms. The predicted molar refractivity (Wildman–Crippen MR) is 67.6 cm³/mol. The minimum Gasteiger partial charge on any atom is -0.125 e. The molecule has 0 saturated heterocycles. The summed E-state index contributed by atoms with van der Waals surface area (Å²) >= 11 is 5.51. The van der Waals surface area contributed by atoms with Crippen molar-refractivity contribution in [1.82, 2.24) is 0 Å². The van der Waals surface area contributed by atoms with Crippen LogP contribution in [0.25, 0.3) is 0 Å². The van der Waals surface area contributed by atoms with E-state index in [4.69, 9.17) is 0 Å². The summed E-state index contributed by atoms with van der Waals surface area (Å²) < 4.78 is 0. The van der Waals surface area contributed by atoms with E-state index in [0.29, 0.717) is 0 Å². The van der Waals surface area contributed by atoms with Crippen molar-refractivity contribution in [3.8, 4) is 0 Å². The Morgan fingerprint density at radius 3 is 3.00 bits per heavy atom. The topological polar surface area (TPSA) is 0 Å². The highest BCUT2D eigenvalue weighted by molar-refractivity contribution is 9.09. The molecule has 0 amide bonds. The van der Waals surface area contributed by atoms with Gasteiger partial charge in [-0.3, -0.25) is 0 Å². The van der Waals surface area contributed by atoms with Crippen molar-refractivity contribution in [1.29, 1.82) is 0 Å². The van der Waals surface area contributed by atoms with E-state index in [9.17, 15) is 0 Å². The lowest BCUT2D eigenvalue weighted by Gasteiger charge is -2.09. The molecule has 0 aromatic heterocycles. The highest BCUT2D eigenvalue weighted by atomic mass is 79.9. The van der Waals surface area contributed by atoms with Crippen molar-refractivity contribution < 1.29 is 0 Å². The summed E-state index contributed by atoms with van der Waals surface area (Å²) in [5, 5.41) is 1.15. The second kappa shape index (κ2) is 5.22. The summed E-state index contributed by atoms with van der Waals surface area (Å²) in [4.78, 5) is 1.51. The van der Waals surface area contributed by atoms with Crippen LogP contribution in [-0.4, -0.2) is 11.1 Å². The molecule has 1 atom stereocenters. The number of hydrogen-bond acceptors (Lipinski definition) is 1. The first-order valence-corrected chi connectivity index (χ1v) is 7.30. The largest absolute Gasteiger partial charge is 0.125 e. The van der Waals surface area contributed by atoms with Gasteiger partial charge in [0, 0.05) is 16.0 Å². The maximum absolute atomic E-state index is 3.49. The lowest BCUT2D eigenvalue weighted by Crippen LogP contribution is -1.96. The zero-order valence-electron chi connectivity index (χ0n) is 8.21. The predicted octanol–water partition coefficient (Wildman–Crippen LogP) is 4.44. The minimum absolute atomic E-state index is 0.815. The number of thioether (sulfide) groups is 1. The summed E-state index contributed by atoms with van der Waals surface area (Å²) in [5.41, 5.74) is 1.59. The van der Waals surface area contributed by atoms with Crippen LogP contribution in [0.1, 0.15) is 30.7 Å². The number of rotatable bonds is 4. The number of alkyl halides is 1. The molecule has 0 fully saturated rings. The molecule has 1 aromatic carbocycles. The van der Waals surface area contributed by atoms with Crippen molar-refractivity contribution in [2.45, 2.75) is 30.1 Å². The van der Waals surface area contributed by atoms with Crippen LogP contribution in [-0.2, 0) is 0 Å². The van der Waals surface area contributed by atoms with Gasteiger partial charge < -0.3 is 0 Å². The smallest absolute Gasteiger partial charge is 0.0107 e. The molecule has 1 heterocycles. The van der Waals surface area contributed by atoms with E-state index in [0.717, 1.165) is 11.2 Å². The average Bonchev–Trinajstić information content (AvgIpc) is 2.63. The number of fused-ring (bicyclic) bond motifs is 1. The minimum atomic E-state index is 0.815. The number of hydrogen-bond donors (Lipinski definition) is 0. The summed E-state index contributed by atoms with van der Waals surface area (Å²) in [6.07, 6.45) is 4.02.